The standard InChI is InChI=1S/C25H29NO3/c1-2-3-4-18-7-10-23-22(15-18)16-24(29-23)20-8-5-19(6-9-20)17-26-13-11-21(12-14-26)25(27)28/h5-10,15-16,21H,2-4,11-14,17H2,1H3,(H,27,28). The third-order valence-corrected chi connectivity index (χ3v) is 5.98. The second kappa shape index (κ2) is 8.83. The van der Waals surface area contributed by atoms with E-state index in [9.17, 15) is 4.79 Å². The molecule has 1 fully saturated rings. The van der Waals surface area contributed by atoms with Crippen molar-refractivity contribution in [2.75, 3.05) is 13.1 Å². The first kappa shape index (κ1) is 19.7. The van der Waals surface area contributed by atoms with E-state index < -0.39 is 5.97 Å². The summed E-state index contributed by atoms with van der Waals surface area (Å²) in [7, 11) is 0. The Hall–Kier alpha value is -2.59. The lowest BCUT2D eigenvalue weighted by Gasteiger charge is -2.30. The molecule has 4 rings (SSSR count). The van der Waals surface area contributed by atoms with Gasteiger partial charge in [-0.25, -0.2) is 0 Å². The van der Waals surface area contributed by atoms with Gasteiger partial charge in [0.2, 0.25) is 0 Å². The molecule has 1 aliphatic heterocycles. The first-order chi connectivity index (χ1) is 14.1. The minimum absolute atomic E-state index is 0.177. The maximum atomic E-state index is 11.1. The molecule has 0 atom stereocenters. The fourth-order valence-electron chi connectivity index (χ4n) is 4.14. The molecule has 4 nitrogen and oxygen atoms in total. The molecule has 1 saturated heterocycles. The second-order valence-electron chi connectivity index (χ2n) is 8.17. The van der Waals surface area contributed by atoms with Gasteiger partial charge in [0.05, 0.1) is 5.92 Å². The Balaban J connectivity index is 1.42. The molecule has 4 heteroatoms. The van der Waals surface area contributed by atoms with Crippen molar-refractivity contribution in [2.45, 2.75) is 45.6 Å². The fraction of sp³-hybridized carbons (Fsp3) is 0.400. The molecule has 0 saturated carbocycles. The summed E-state index contributed by atoms with van der Waals surface area (Å²) in [5.74, 6) is 0.0722. The first-order valence-electron chi connectivity index (χ1n) is 10.7. The van der Waals surface area contributed by atoms with Crippen LogP contribution in [0.15, 0.2) is 52.9 Å². The molecule has 0 aliphatic carbocycles. The van der Waals surface area contributed by atoms with Crippen LogP contribution < -0.4 is 0 Å². The number of furan rings is 1. The molecule has 0 radical (unpaired) electrons. The summed E-state index contributed by atoms with van der Waals surface area (Å²) in [5.41, 5.74) is 4.64. The molecule has 0 spiro atoms. The van der Waals surface area contributed by atoms with Gasteiger partial charge in [0.15, 0.2) is 0 Å². The first-order valence-corrected chi connectivity index (χ1v) is 10.7. The summed E-state index contributed by atoms with van der Waals surface area (Å²) in [4.78, 5) is 13.4. The second-order valence-corrected chi connectivity index (χ2v) is 8.17. The number of benzene rings is 2. The number of aryl methyl sites for hydroxylation is 1. The van der Waals surface area contributed by atoms with E-state index in [1.54, 1.807) is 0 Å². The Morgan fingerprint density at radius 2 is 1.79 bits per heavy atom. The van der Waals surface area contributed by atoms with E-state index in [0.29, 0.717) is 0 Å². The van der Waals surface area contributed by atoms with E-state index in [0.717, 1.165) is 55.8 Å². The number of carboxylic acids is 1. The molecule has 0 unspecified atom stereocenters. The summed E-state index contributed by atoms with van der Waals surface area (Å²) in [6.07, 6.45) is 5.02. The molecule has 3 aromatic rings. The third-order valence-electron chi connectivity index (χ3n) is 5.98. The van der Waals surface area contributed by atoms with Crippen LogP contribution in [0.25, 0.3) is 22.3 Å². The van der Waals surface area contributed by atoms with Crippen molar-refractivity contribution in [3.63, 3.8) is 0 Å². The summed E-state index contributed by atoms with van der Waals surface area (Å²) in [6.45, 7) is 4.79. The minimum Gasteiger partial charge on any atom is -0.481 e. The SMILES string of the molecule is CCCCc1ccc2oc(-c3ccc(CN4CCC(C(=O)O)CC4)cc3)cc2c1. The number of unbranched alkanes of at least 4 members (excludes halogenated alkanes) is 1. The van der Waals surface area contributed by atoms with Gasteiger partial charge in [-0.05, 0) is 68.1 Å². The monoisotopic (exact) mass is 391 g/mol. The number of hydrogen-bond donors (Lipinski definition) is 1. The van der Waals surface area contributed by atoms with E-state index in [1.807, 2.05) is 0 Å². The maximum absolute atomic E-state index is 11.1. The van der Waals surface area contributed by atoms with Crippen LogP contribution in [0.4, 0.5) is 0 Å². The average Bonchev–Trinajstić information content (AvgIpc) is 3.16. The fourth-order valence-corrected chi connectivity index (χ4v) is 4.14. The Kier molecular flexibility index (Phi) is 6.00. The van der Waals surface area contributed by atoms with Crippen molar-refractivity contribution < 1.29 is 14.3 Å². The normalized spacial score (nSPS) is 15.8. The Bertz CT molecular complexity index is 965. The molecule has 1 aliphatic rings. The molecule has 0 bridgehead atoms. The molecule has 2 heterocycles. The smallest absolute Gasteiger partial charge is 0.306 e. The quantitative estimate of drug-likeness (QED) is 0.558. The van der Waals surface area contributed by atoms with Crippen molar-refractivity contribution in [1.29, 1.82) is 0 Å². The lowest BCUT2D eigenvalue weighted by Crippen LogP contribution is -2.35. The zero-order valence-corrected chi connectivity index (χ0v) is 17.1. The highest BCUT2D eigenvalue weighted by Gasteiger charge is 2.24. The van der Waals surface area contributed by atoms with Crippen LogP contribution >= 0.6 is 0 Å². The lowest BCUT2D eigenvalue weighted by molar-refractivity contribution is -0.143. The molecule has 1 N–H and O–H groups in total. The van der Waals surface area contributed by atoms with Crippen LogP contribution in [-0.4, -0.2) is 29.1 Å². The number of carbonyl (C=O) groups is 1. The van der Waals surface area contributed by atoms with Gasteiger partial charge in [0.1, 0.15) is 11.3 Å². The van der Waals surface area contributed by atoms with Gasteiger partial charge in [0.25, 0.3) is 0 Å². The molecule has 152 valence electrons. The number of fused-ring (bicyclic) bond motifs is 1. The molecular formula is C25H29NO3. The highest BCUT2D eigenvalue weighted by atomic mass is 16.4. The van der Waals surface area contributed by atoms with Gasteiger partial charge < -0.3 is 9.52 Å². The molecule has 2 aromatic carbocycles. The molecule has 29 heavy (non-hydrogen) atoms. The van der Waals surface area contributed by atoms with Crippen molar-refractivity contribution >= 4 is 16.9 Å². The summed E-state index contributed by atoms with van der Waals surface area (Å²) in [5, 5.41) is 10.3. The number of aliphatic carboxylic acids is 1. The van der Waals surface area contributed by atoms with Crippen molar-refractivity contribution in [1.82, 2.24) is 4.90 Å². The maximum Gasteiger partial charge on any atom is 0.306 e. The number of likely N-dealkylation sites (tertiary alicyclic amines) is 1. The summed E-state index contributed by atoms with van der Waals surface area (Å²) < 4.78 is 6.07. The van der Waals surface area contributed by atoms with Crippen LogP contribution in [0.1, 0.15) is 43.7 Å². The number of rotatable bonds is 7. The van der Waals surface area contributed by atoms with E-state index in [-0.39, 0.29) is 5.92 Å². The van der Waals surface area contributed by atoms with Gasteiger partial charge >= 0.3 is 5.97 Å². The lowest BCUT2D eigenvalue weighted by atomic mass is 9.97. The van der Waals surface area contributed by atoms with Crippen LogP contribution in [0, 0.1) is 5.92 Å². The summed E-state index contributed by atoms with van der Waals surface area (Å²) in [6, 6.07) is 17.2. The van der Waals surface area contributed by atoms with Crippen molar-refractivity contribution in [2.24, 2.45) is 5.92 Å². The number of carboxylic acid groups (broad SMARTS) is 1. The average molecular weight is 392 g/mol. The predicted octanol–water partition coefficient (Wildman–Crippen LogP) is 5.74. The van der Waals surface area contributed by atoms with Gasteiger partial charge in [-0.15, -0.1) is 0 Å². The van der Waals surface area contributed by atoms with Crippen LogP contribution in [0.3, 0.4) is 0 Å². The molecule has 0 amide bonds. The highest BCUT2D eigenvalue weighted by molar-refractivity contribution is 5.83. The van der Waals surface area contributed by atoms with Crippen molar-refractivity contribution in [3.05, 3.63) is 59.7 Å². The van der Waals surface area contributed by atoms with Gasteiger partial charge in [-0.3, -0.25) is 9.69 Å². The highest BCUT2D eigenvalue weighted by Crippen LogP contribution is 2.29. The number of piperidine rings is 1. The van der Waals surface area contributed by atoms with E-state index in [4.69, 9.17) is 9.52 Å². The summed E-state index contributed by atoms with van der Waals surface area (Å²) >= 11 is 0. The molecule has 1 aromatic heterocycles. The molecular weight excluding hydrogens is 362 g/mol. The minimum atomic E-state index is -0.655. The van der Waals surface area contributed by atoms with Gasteiger partial charge in [0, 0.05) is 17.5 Å². The van der Waals surface area contributed by atoms with Crippen molar-refractivity contribution in [3.8, 4) is 11.3 Å². The zero-order valence-electron chi connectivity index (χ0n) is 17.1. The zero-order chi connectivity index (χ0) is 20.2. The third kappa shape index (κ3) is 4.70. The Labute approximate surface area is 172 Å². The van der Waals surface area contributed by atoms with E-state index >= 15 is 0 Å². The van der Waals surface area contributed by atoms with Gasteiger partial charge in [-0.2, -0.15) is 0 Å². The Morgan fingerprint density at radius 3 is 2.48 bits per heavy atom. The number of hydrogen-bond acceptors (Lipinski definition) is 3. The van der Waals surface area contributed by atoms with E-state index in [2.05, 4.69) is 60.4 Å². The Morgan fingerprint density at radius 1 is 1.07 bits per heavy atom. The predicted molar refractivity (Wildman–Crippen MR) is 116 cm³/mol. The van der Waals surface area contributed by atoms with Crippen LogP contribution in [0.5, 0.6) is 0 Å². The van der Waals surface area contributed by atoms with E-state index in [1.165, 1.54) is 29.4 Å². The van der Waals surface area contributed by atoms with Crippen LogP contribution in [0.2, 0.25) is 0 Å². The topological polar surface area (TPSA) is 53.7 Å². The van der Waals surface area contributed by atoms with Gasteiger partial charge in [-0.1, -0.05) is 43.7 Å². The number of nitrogens with zero attached hydrogens (tertiary/aromatic N) is 1. The largest absolute Gasteiger partial charge is 0.481 e. The van der Waals surface area contributed by atoms with Crippen LogP contribution in [-0.2, 0) is 17.8 Å².